The molecule has 6 heteroatoms. The second-order valence-corrected chi connectivity index (χ2v) is 4.80. The summed E-state index contributed by atoms with van der Waals surface area (Å²) in [7, 11) is 0. The molecule has 0 amide bonds. The van der Waals surface area contributed by atoms with Gasteiger partial charge in [0.2, 0.25) is 0 Å². The van der Waals surface area contributed by atoms with Crippen LogP contribution in [0, 0.1) is 0 Å². The average molecular weight is 339 g/mol. The molecule has 108 valence electrons. The lowest BCUT2D eigenvalue weighted by Gasteiger charge is -2.16. The third kappa shape index (κ3) is 5.84. The van der Waals surface area contributed by atoms with Crippen LogP contribution in [-0.4, -0.2) is 31.4 Å². The van der Waals surface area contributed by atoms with Gasteiger partial charge in [-0.2, -0.15) is 0 Å². The monoisotopic (exact) mass is 338 g/mol. The Bertz CT molecular complexity index is 388. The largest absolute Gasteiger partial charge is 0.493 e. The molecule has 0 spiro atoms. The second kappa shape index (κ2) is 8.45. The molecule has 1 N–H and O–H groups in total. The fourth-order valence-electron chi connectivity index (χ4n) is 1.59. The van der Waals surface area contributed by atoms with E-state index in [-0.39, 0.29) is 13.0 Å². The third-order valence-corrected chi connectivity index (χ3v) is 2.90. The van der Waals surface area contributed by atoms with Crippen molar-refractivity contribution in [3.63, 3.8) is 0 Å². The molecule has 0 aromatic heterocycles. The summed E-state index contributed by atoms with van der Waals surface area (Å²) in [6.07, 6.45) is -3.05. The van der Waals surface area contributed by atoms with Crippen LogP contribution in [0.25, 0.3) is 0 Å². The maximum atomic E-state index is 11.9. The molecule has 0 saturated heterocycles. The van der Waals surface area contributed by atoms with Gasteiger partial charge in [-0.1, -0.05) is 15.9 Å². The van der Waals surface area contributed by atoms with Crippen molar-refractivity contribution < 1.29 is 23.4 Å². The van der Waals surface area contributed by atoms with Crippen LogP contribution < -0.4 is 4.74 Å². The summed E-state index contributed by atoms with van der Waals surface area (Å²) in [6, 6.07) is 5.32. The maximum absolute atomic E-state index is 11.9. The van der Waals surface area contributed by atoms with Gasteiger partial charge in [-0.05, 0) is 25.1 Å². The van der Waals surface area contributed by atoms with Crippen molar-refractivity contribution in [3.05, 3.63) is 28.2 Å². The highest BCUT2D eigenvalue weighted by molar-refractivity contribution is 9.10. The smallest absolute Gasteiger partial charge is 0.261 e. The predicted octanol–water partition coefficient (Wildman–Crippen LogP) is 3.55. The van der Waals surface area contributed by atoms with Crippen LogP contribution in [0.5, 0.6) is 5.75 Å². The minimum atomic E-state index is -2.48. The van der Waals surface area contributed by atoms with Crippen LogP contribution >= 0.6 is 15.9 Å². The molecule has 0 aliphatic heterocycles. The van der Waals surface area contributed by atoms with Crippen LogP contribution in [0.3, 0.4) is 0 Å². The van der Waals surface area contributed by atoms with Gasteiger partial charge in [-0.3, -0.25) is 0 Å². The molecular weight excluding hydrogens is 322 g/mol. The zero-order valence-corrected chi connectivity index (χ0v) is 12.2. The molecule has 0 fully saturated rings. The molecule has 1 unspecified atom stereocenters. The van der Waals surface area contributed by atoms with Crippen molar-refractivity contribution >= 4 is 15.9 Å². The summed E-state index contributed by atoms with van der Waals surface area (Å²) in [4.78, 5) is 0. The molecule has 1 aromatic carbocycles. The molecule has 0 radical (unpaired) electrons. The summed E-state index contributed by atoms with van der Waals surface area (Å²) in [5.41, 5.74) is 0.622. The molecule has 0 bridgehead atoms. The molecule has 0 aliphatic carbocycles. The van der Waals surface area contributed by atoms with Crippen LogP contribution in [0.1, 0.15) is 25.0 Å². The van der Waals surface area contributed by atoms with E-state index >= 15 is 0 Å². The Kier molecular flexibility index (Phi) is 7.27. The van der Waals surface area contributed by atoms with E-state index in [0.29, 0.717) is 17.9 Å². The zero-order valence-electron chi connectivity index (χ0n) is 10.6. The van der Waals surface area contributed by atoms with Crippen molar-refractivity contribution in [3.8, 4) is 5.75 Å². The molecular formula is C13H17BrF2O3. The second-order valence-electron chi connectivity index (χ2n) is 3.89. The molecule has 1 aromatic rings. The maximum Gasteiger partial charge on any atom is 0.261 e. The lowest BCUT2D eigenvalue weighted by Crippen LogP contribution is -2.09. The Morgan fingerprint density at radius 2 is 2.11 bits per heavy atom. The first-order chi connectivity index (χ1) is 9.04. The Hall–Kier alpha value is -0.720. The molecule has 0 saturated carbocycles. The number of ether oxygens (including phenoxy) is 2. The Labute approximate surface area is 119 Å². The van der Waals surface area contributed by atoms with Gasteiger partial charge in [0, 0.05) is 23.1 Å². The summed E-state index contributed by atoms with van der Waals surface area (Å²) >= 11 is 3.32. The highest BCUT2D eigenvalue weighted by Crippen LogP contribution is 2.30. The van der Waals surface area contributed by atoms with Gasteiger partial charge in [0.1, 0.15) is 12.4 Å². The Balaban J connectivity index is 2.59. The fraction of sp³-hybridized carbons (Fsp3) is 0.538. The van der Waals surface area contributed by atoms with E-state index in [2.05, 4.69) is 15.9 Å². The van der Waals surface area contributed by atoms with Crippen molar-refractivity contribution in [2.24, 2.45) is 0 Å². The van der Waals surface area contributed by atoms with E-state index in [0.717, 1.165) is 4.47 Å². The number of halogens is 3. The first kappa shape index (κ1) is 16.3. The fourth-order valence-corrected chi connectivity index (χ4v) is 1.97. The van der Waals surface area contributed by atoms with Gasteiger partial charge in [0.05, 0.1) is 12.7 Å². The van der Waals surface area contributed by atoms with Gasteiger partial charge in [0.25, 0.3) is 6.43 Å². The van der Waals surface area contributed by atoms with Crippen LogP contribution in [-0.2, 0) is 4.74 Å². The first-order valence-electron chi connectivity index (χ1n) is 6.00. The predicted molar refractivity (Wildman–Crippen MR) is 71.7 cm³/mol. The first-order valence-corrected chi connectivity index (χ1v) is 6.80. The van der Waals surface area contributed by atoms with Crippen molar-refractivity contribution in [1.82, 2.24) is 0 Å². The molecule has 19 heavy (non-hydrogen) atoms. The van der Waals surface area contributed by atoms with Crippen LogP contribution in [0.2, 0.25) is 0 Å². The van der Waals surface area contributed by atoms with Gasteiger partial charge in [-0.15, -0.1) is 0 Å². The SMILES string of the molecule is CCOc1ccc(Br)cc1C(O)CCOCC(F)F. The van der Waals surface area contributed by atoms with Gasteiger partial charge in [-0.25, -0.2) is 8.78 Å². The summed E-state index contributed by atoms with van der Waals surface area (Å²) in [5.74, 6) is 0.590. The normalized spacial score (nSPS) is 12.7. The van der Waals surface area contributed by atoms with E-state index in [9.17, 15) is 13.9 Å². The summed E-state index contributed by atoms with van der Waals surface area (Å²) < 4.78 is 34.8. The average Bonchev–Trinajstić information content (AvgIpc) is 2.36. The van der Waals surface area contributed by atoms with E-state index in [1.807, 2.05) is 13.0 Å². The summed E-state index contributed by atoms with van der Waals surface area (Å²) in [6.45, 7) is 1.81. The number of benzene rings is 1. The van der Waals surface area contributed by atoms with Crippen molar-refractivity contribution in [1.29, 1.82) is 0 Å². The topological polar surface area (TPSA) is 38.7 Å². The Morgan fingerprint density at radius 3 is 2.74 bits per heavy atom. The molecule has 0 heterocycles. The number of aliphatic hydroxyl groups is 1. The number of rotatable bonds is 8. The lowest BCUT2D eigenvalue weighted by atomic mass is 10.1. The molecule has 1 atom stereocenters. The number of aliphatic hydroxyl groups excluding tert-OH is 1. The van der Waals surface area contributed by atoms with Gasteiger partial charge < -0.3 is 14.6 Å². The zero-order chi connectivity index (χ0) is 14.3. The summed E-state index contributed by atoms with van der Waals surface area (Å²) in [5, 5.41) is 10.0. The minimum absolute atomic E-state index is 0.0730. The molecule has 1 rings (SSSR count). The highest BCUT2D eigenvalue weighted by atomic mass is 79.9. The van der Waals surface area contributed by atoms with E-state index in [4.69, 9.17) is 9.47 Å². The van der Waals surface area contributed by atoms with Crippen molar-refractivity contribution in [2.45, 2.75) is 25.9 Å². The number of alkyl halides is 2. The molecule has 0 aliphatic rings. The molecule has 3 nitrogen and oxygen atoms in total. The van der Waals surface area contributed by atoms with Gasteiger partial charge >= 0.3 is 0 Å². The van der Waals surface area contributed by atoms with Gasteiger partial charge in [0.15, 0.2) is 0 Å². The minimum Gasteiger partial charge on any atom is -0.493 e. The van der Waals surface area contributed by atoms with Crippen molar-refractivity contribution in [2.75, 3.05) is 19.8 Å². The number of hydrogen-bond acceptors (Lipinski definition) is 3. The Morgan fingerprint density at radius 1 is 1.37 bits per heavy atom. The van der Waals surface area contributed by atoms with E-state index in [1.165, 1.54) is 0 Å². The van der Waals surface area contributed by atoms with E-state index in [1.54, 1.807) is 12.1 Å². The van der Waals surface area contributed by atoms with E-state index < -0.39 is 19.1 Å². The number of hydrogen-bond donors (Lipinski definition) is 1. The van der Waals surface area contributed by atoms with Crippen LogP contribution in [0.4, 0.5) is 8.78 Å². The lowest BCUT2D eigenvalue weighted by molar-refractivity contribution is 0.00456. The third-order valence-electron chi connectivity index (χ3n) is 2.41. The van der Waals surface area contributed by atoms with Crippen LogP contribution in [0.15, 0.2) is 22.7 Å². The standard InChI is InChI=1S/C13H17BrF2O3/c1-2-19-12-4-3-9(14)7-10(12)11(17)5-6-18-8-13(15)16/h3-4,7,11,13,17H,2,5-6,8H2,1H3. The highest BCUT2D eigenvalue weighted by Gasteiger charge is 2.14. The quantitative estimate of drug-likeness (QED) is 0.736.